The maximum atomic E-state index is 6.28. The Balaban J connectivity index is 2.09. The molecule has 2 aromatic carbocycles. The molecule has 3 rings (SSSR count). The Hall–Kier alpha value is -1.38. The van der Waals surface area contributed by atoms with E-state index in [-0.39, 0.29) is 11.6 Å². The zero-order chi connectivity index (χ0) is 14.7. The van der Waals surface area contributed by atoms with Gasteiger partial charge in [0, 0.05) is 6.61 Å². The maximum Gasteiger partial charge on any atom is 0.0876 e. The summed E-state index contributed by atoms with van der Waals surface area (Å²) in [7, 11) is 2.06. The molecule has 0 saturated heterocycles. The quantitative estimate of drug-likeness (QED) is 0.875. The highest BCUT2D eigenvalue weighted by Crippen LogP contribution is 2.44. The number of fused-ring (bicyclic) bond motifs is 1. The standard InChI is InChI=1S/C19H25NO/c1-3-21-19(13-6-7-14-19)18(20-2)17-12-8-10-15-9-4-5-11-16(15)17/h4-5,8-12,18,20H,3,6-7,13-14H2,1-2H3. The van der Waals surface area contributed by atoms with E-state index in [4.69, 9.17) is 4.74 Å². The first-order chi connectivity index (χ1) is 10.3. The van der Waals surface area contributed by atoms with Crippen molar-refractivity contribution in [1.82, 2.24) is 5.32 Å². The third-order valence-corrected chi connectivity index (χ3v) is 4.83. The second kappa shape index (κ2) is 6.17. The maximum absolute atomic E-state index is 6.28. The molecule has 0 heterocycles. The molecule has 0 amide bonds. The lowest BCUT2D eigenvalue weighted by atomic mass is 9.84. The van der Waals surface area contributed by atoms with Crippen molar-refractivity contribution in [3.8, 4) is 0 Å². The summed E-state index contributed by atoms with van der Waals surface area (Å²) in [5.74, 6) is 0. The van der Waals surface area contributed by atoms with Gasteiger partial charge in [0.1, 0.15) is 0 Å². The van der Waals surface area contributed by atoms with Crippen LogP contribution in [-0.4, -0.2) is 19.3 Å². The van der Waals surface area contributed by atoms with Gasteiger partial charge in [-0.1, -0.05) is 55.3 Å². The lowest BCUT2D eigenvalue weighted by Gasteiger charge is -2.38. The SMILES string of the molecule is CCOC1(C(NC)c2cccc3ccccc23)CCCC1. The van der Waals surface area contributed by atoms with Gasteiger partial charge in [-0.15, -0.1) is 0 Å². The summed E-state index contributed by atoms with van der Waals surface area (Å²) >= 11 is 0. The van der Waals surface area contributed by atoms with Gasteiger partial charge in [0.25, 0.3) is 0 Å². The minimum Gasteiger partial charge on any atom is -0.373 e. The van der Waals surface area contributed by atoms with Crippen molar-refractivity contribution in [2.75, 3.05) is 13.7 Å². The van der Waals surface area contributed by atoms with E-state index in [1.54, 1.807) is 0 Å². The second-order valence-electron chi connectivity index (χ2n) is 5.99. The van der Waals surface area contributed by atoms with Gasteiger partial charge in [-0.25, -0.2) is 0 Å². The number of hydrogen-bond donors (Lipinski definition) is 1. The highest BCUT2D eigenvalue weighted by molar-refractivity contribution is 5.86. The first-order valence-corrected chi connectivity index (χ1v) is 8.09. The topological polar surface area (TPSA) is 21.3 Å². The molecule has 2 heteroatoms. The molecule has 1 fully saturated rings. The third kappa shape index (κ3) is 2.58. The van der Waals surface area contributed by atoms with E-state index in [0.29, 0.717) is 0 Å². The summed E-state index contributed by atoms with van der Waals surface area (Å²) in [6.07, 6.45) is 4.83. The lowest BCUT2D eigenvalue weighted by molar-refractivity contribution is -0.0607. The van der Waals surface area contributed by atoms with Gasteiger partial charge in [0.15, 0.2) is 0 Å². The molecule has 0 bridgehead atoms. The minimum absolute atomic E-state index is 0.0480. The molecule has 112 valence electrons. The minimum atomic E-state index is -0.0480. The summed E-state index contributed by atoms with van der Waals surface area (Å²) in [6.45, 7) is 2.89. The monoisotopic (exact) mass is 283 g/mol. The van der Waals surface area contributed by atoms with Crippen LogP contribution in [0.3, 0.4) is 0 Å². The Morgan fingerprint density at radius 3 is 2.52 bits per heavy atom. The first kappa shape index (κ1) is 14.6. The zero-order valence-electron chi connectivity index (χ0n) is 13.1. The van der Waals surface area contributed by atoms with Crippen molar-refractivity contribution >= 4 is 10.8 Å². The lowest BCUT2D eigenvalue weighted by Crippen LogP contribution is -2.43. The normalized spacial score (nSPS) is 19.0. The highest BCUT2D eigenvalue weighted by Gasteiger charge is 2.42. The van der Waals surface area contributed by atoms with Gasteiger partial charge in [-0.3, -0.25) is 0 Å². The number of hydrogen-bond acceptors (Lipinski definition) is 2. The Morgan fingerprint density at radius 1 is 1.10 bits per heavy atom. The number of ether oxygens (including phenoxy) is 1. The smallest absolute Gasteiger partial charge is 0.0876 e. The van der Waals surface area contributed by atoms with E-state index >= 15 is 0 Å². The molecular formula is C19H25NO. The molecule has 1 atom stereocenters. The molecule has 2 nitrogen and oxygen atoms in total. The van der Waals surface area contributed by atoms with Gasteiger partial charge < -0.3 is 10.1 Å². The van der Waals surface area contributed by atoms with Crippen molar-refractivity contribution in [3.63, 3.8) is 0 Å². The molecule has 0 aliphatic heterocycles. The third-order valence-electron chi connectivity index (χ3n) is 4.83. The zero-order valence-corrected chi connectivity index (χ0v) is 13.1. The van der Waals surface area contributed by atoms with Crippen LogP contribution in [0.4, 0.5) is 0 Å². The van der Waals surface area contributed by atoms with Crippen LogP contribution >= 0.6 is 0 Å². The summed E-state index contributed by atoms with van der Waals surface area (Å²) < 4.78 is 6.28. The predicted molar refractivity (Wildman–Crippen MR) is 88.6 cm³/mol. The van der Waals surface area contributed by atoms with Crippen LogP contribution in [0.1, 0.15) is 44.2 Å². The summed E-state index contributed by atoms with van der Waals surface area (Å²) in [5.41, 5.74) is 1.32. The molecule has 1 unspecified atom stereocenters. The summed E-state index contributed by atoms with van der Waals surface area (Å²) in [6, 6.07) is 15.5. The molecule has 1 aliphatic carbocycles. The summed E-state index contributed by atoms with van der Waals surface area (Å²) in [5, 5.41) is 6.20. The predicted octanol–water partition coefficient (Wildman–Crippen LogP) is 4.45. The molecule has 0 spiro atoms. The molecule has 0 radical (unpaired) electrons. The number of rotatable bonds is 5. The molecule has 1 saturated carbocycles. The fourth-order valence-corrected chi connectivity index (χ4v) is 3.98. The van der Waals surface area contributed by atoms with Crippen LogP contribution in [0.2, 0.25) is 0 Å². The fraction of sp³-hybridized carbons (Fsp3) is 0.474. The van der Waals surface area contributed by atoms with Crippen LogP contribution in [0.5, 0.6) is 0 Å². The van der Waals surface area contributed by atoms with Crippen LogP contribution in [0.15, 0.2) is 42.5 Å². The van der Waals surface area contributed by atoms with E-state index in [1.807, 2.05) is 0 Å². The van der Waals surface area contributed by atoms with Crippen LogP contribution in [-0.2, 0) is 4.74 Å². The number of nitrogens with one attached hydrogen (secondary N) is 1. The van der Waals surface area contributed by atoms with Crippen LogP contribution in [0.25, 0.3) is 10.8 Å². The second-order valence-corrected chi connectivity index (χ2v) is 5.99. The number of benzene rings is 2. The van der Waals surface area contributed by atoms with E-state index in [2.05, 4.69) is 61.8 Å². The molecule has 1 N–H and O–H groups in total. The summed E-state index contributed by atoms with van der Waals surface area (Å²) in [4.78, 5) is 0. The Kier molecular flexibility index (Phi) is 4.27. The average molecular weight is 283 g/mol. The Morgan fingerprint density at radius 2 is 1.81 bits per heavy atom. The van der Waals surface area contributed by atoms with Crippen molar-refractivity contribution < 1.29 is 4.74 Å². The first-order valence-electron chi connectivity index (χ1n) is 8.09. The Labute approximate surface area is 127 Å². The fourth-order valence-electron chi connectivity index (χ4n) is 3.98. The highest BCUT2D eigenvalue weighted by atomic mass is 16.5. The van der Waals surface area contributed by atoms with Crippen LogP contribution < -0.4 is 5.32 Å². The van der Waals surface area contributed by atoms with E-state index in [9.17, 15) is 0 Å². The molecular weight excluding hydrogens is 258 g/mol. The van der Waals surface area contributed by atoms with Crippen molar-refractivity contribution in [1.29, 1.82) is 0 Å². The van der Waals surface area contributed by atoms with Gasteiger partial charge >= 0.3 is 0 Å². The van der Waals surface area contributed by atoms with E-state index < -0.39 is 0 Å². The van der Waals surface area contributed by atoms with Gasteiger partial charge in [0.2, 0.25) is 0 Å². The van der Waals surface area contributed by atoms with Gasteiger partial charge in [-0.05, 0) is 43.1 Å². The van der Waals surface area contributed by atoms with Crippen LogP contribution in [0, 0.1) is 0 Å². The van der Waals surface area contributed by atoms with E-state index in [1.165, 1.54) is 29.2 Å². The molecule has 0 aromatic heterocycles. The van der Waals surface area contributed by atoms with Crippen molar-refractivity contribution in [3.05, 3.63) is 48.0 Å². The molecule has 21 heavy (non-hydrogen) atoms. The molecule has 1 aliphatic rings. The number of likely N-dealkylation sites (N-methyl/N-ethyl adjacent to an activating group) is 1. The molecule has 2 aromatic rings. The van der Waals surface area contributed by atoms with E-state index in [0.717, 1.165) is 19.4 Å². The van der Waals surface area contributed by atoms with Crippen molar-refractivity contribution in [2.45, 2.75) is 44.2 Å². The average Bonchev–Trinajstić information content (AvgIpc) is 2.98. The van der Waals surface area contributed by atoms with Gasteiger partial charge in [-0.2, -0.15) is 0 Å². The van der Waals surface area contributed by atoms with Gasteiger partial charge in [0.05, 0.1) is 11.6 Å². The largest absolute Gasteiger partial charge is 0.373 e. The van der Waals surface area contributed by atoms with Crippen molar-refractivity contribution in [2.24, 2.45) is 0 Å². The Bertz CT molecular complexity index is 596.